The van der Waals surface area contributed by atoms with Gasteiger partial charge in [0.15, 0.2) is 17.2 Å². The Balaban J connectivity index is 1.38. The third-order valence-corrected chi connectivity index (χ3v) is 5.35. The number of nitrogens with one attached hydrogen (secondary N) is 1. The van der Waals surface area contributed by atoms with Crippen LogP contribution in [0.4, 0.5) is 0 Å². The van der Waals surface area contributed by atoms with Gasteiger partial charge in [0.2, 0.25) is 12.7 Å². The highest BCUT2D eigenvalue weighted by Crippen LogP contribution is 2.32. The molecule has 1 N–H and O–H groups in total. The monoisotopic (exact) mass is 388 g/mol. The van der Waals surface area contributed by atoms with Crippen LogP contribution in [0.15, 0.2) is 23.6 Å². The molecule has 1 fully saturated rings. The summed E-state index contributed by atoms with van der Waals surface area (Å²) in [7, 11) is 0. The summed E-state index contributed by atoms with van der Waals surface area (Å²) in [5.41, 5.74) is 1.21. The largest absolute Gasteiger partial charge is 0.454 e. The molecule has 4 rings (SSSR count). The first-order chi connectivity index (χ1) is 13.2. The molecule has 9 heteroatoms. The molecule has 142 valence electrons. The highest BCUT2D eigenvalue weighted by molar-refractivity contribution is 7.03. The summed E-state index contributed by atoms with van der Waals surface area (Å²) in [6.07, 6.45) is 3.97. The molecule has 1 aliphatic heterocycles. The number of nitrogens with zero attached hydrogens (tertiary/aromatic N) is 3. The average Bonchev–Trinajstić information content (AvgIpc) is 3.45. The highest BCUT2D eigenvalue weighted by atomic mass is 32.1. The van der Waals surface area contributed by atoms with Gasteiger partial charge < -0.3 is 19.7 Å². The van der Waals surface area contributed by atoms with E-state index in [2.05, 4.69) is 14.9 Å². The lowest BCUT2D eigenvalue weighted by atomic mass is 10.2. The van der Waals surface area contributed by atoms with Crippen LogP contribution >= 0.6 is 11.5 Å². The molecule has 27 heavy (non-hydrogen) atoms. The Labute approximate surface area is 160 Å². The lowest BCUT2D eigenvalue weighted by Crippen LogP contribution is -2.45. The molecule has 1 saturated carbocycles. The number of benzene rings is 1. The molecule has 1 aliphatic carbocycles. The number of carbonyl (C=O) groups excluding carboxylic acids is 2. The molecule has 8 nitrogen and oxygen atoms in total. The van der Waals surface area contributed by atoms with Crippen molar-refractivity contribution >= 4 is 23.3 Å². The van der Waals surface area contributed by atoms with E-state index in [9.17, 15) is 9.59 Å². The first-order valence-electron chi connectivity index (χ1n) is 8.94. The number of aromatic nitrogens is 2. The fourth-order valence-electron chi connectivity index (χ4n) is 3.45. The van der Waals surface area contributed by atoms with Gasteiger partial charge in [-0.15, -0.1) is 5.10 Å². The second kappa shape index (κ2) is 7.91. The number of fused-ring (bicyclic) bond motifs is 1. The summed E-state index contributed by atoms with van der Waals surface area (Å²) in [5, 5.41) is 8.36. The first-order valence-corrected chi connectivity index (χ1v) is 9.77. The second-order valence-electron chi connectivity index (χ2n) is 6.63. The topological polar surface area (TPSA) is 93.7 Å². The molecule has 1 aromatic heterocycles. The Morgan fingerprint density at radius 3 is 2.81 bits per heavy atom. The summed E-state index contributed by atoms with van der Waals surface area (Å²) >= 11 is 1.13. The number of ether oxygens (including phenoxy) is 2. The van der Waals surface area contributed by atoms with Gasteiger partial charge in [-0.2, -0.15) is 0 Å². The summed E-state index contributed by atoms with van der Waals surface area (Å²) in [4.78, 5) is 26.9. The lowest BCUT2D eigenvalue weighted by Gasteiger charge is -2.27. The minimum atomic E-state index is -0.228. The quantitative estimate of drug-likeness (QED) is 0.813. The van der Waals surface area contributed by atoms with E-state index < -0.39 is 0 Å². The third kappa shape index (κ3) is 4.02. The van der Waals surface area contributed by atoms with Crippen molar-refractivity contribution in [3.8, 4) is 11.5 Å². The van der Waals surface area contributed by atoms with Gasteiger partial charge in [0.1, 0.15) is 6.54 Å². The fraction of sp³-hybridized carbons (Fsp3) is 0.444. The molecular weight excluding hydrogens is 368 g/mol. The van der Waals surface area contributed by atoms with Crippen LogP contribution < -0.4 is 14.8 Å². The maximum atomic E-state index is 12.8. The summed E-state index contributed by atoms with van der Waals surface area (Å²) in [6.45, 7) is 0.598. The van der Waals surface area contributed by atoms with Gasteiger partial charge in [-0.3, -0.25) is 9.59 Å². The average molecular weight is 388 g/mol. The van der Waals surface area contributed by atoms with Gasteiger partial charge in [-0.25, -0.2) is 0 Å². The van der Waals surface area contributed by atoms with E-state index in [1.54, 1.807) is 10.3 Å². The molecule has 2 aliphatic rings. The van der Waals surface area contributed by atoms with Crippen LogP contribution in [0.3, 0.4) is 0 Å². The Hall–Kier alpha value is -2.68. The van der Waals surface area contributed by atoms with Crippen molar-refractivity contribution in [2.45, 2.75) is 38.3 Å². The van der Waals surface area contributed by atoms with E-state index in [0.29, 0.717) is 23.7 Å². The van der Waals surface area contributed by atoms with Crippen molar-refractivity contribution in [2.24, 2.45) is 0 Å². The van der Waals surface area contributed by atoms with Crippen LogP contribution in [0.2, 0.25) is 0 Å². The van der Waals surface area contributed by atoms with E-state index in [0.717, 1.165) is 42.8 Å². The Morgan fingerprint density at radius 1 is 1.22 bits per heavy atom. The Bertz CT molecular complexity index is 821. The van der Waals surface area contributed by atoms with Crippen LogP contribution in [0.25, 0.3) is 0 Å². The van der Waals surface area contributed by atoms with E-state index in [4.69, 9.17) is 9.47 Å². The minimum absolute atomic E-state index is 0.0194. The first kappa shape index (κ1) is 17.7. The highest BCUT2D eigenvalue weighted by Gasteiger charge is 2.30. The van der Waals surface area contributed by atoms with E-state index >= 15 is 0 Å². The predicted molar refractivity (Wildman–Crippen MR) is 97.6 cm³/mol. The van der Waals surface area contributed by atoms with Crippen molar-refractivity contribution < 1.29 is 19.1 Å². The van der Waals surface area contributed by atoms with Gasteiger partial charge in [0.25, 0.3) is 5.91 Å². The molecule has 0 radical (unpaired) electrons. The lowest BCUT2D eigenvalue weighted by molar-refractivity contribution is -0.122. The molecule has 1 aromatic carbocycles. The van der Waals surface area contributed by atoms with Crippen LogP contribution in [0, 0.1) is 0 Å². The SMILES string of the molecule is O=C(CN(C(=O)c1csnn1)C1CCCC1)NCc1ccc2c(c1)OCO2. The van der Waals surface area contributed by atoms with Crippen molar-refractivity contribution in [2.75, 3.05) is 13.3 Å². The molecule has 0 bridgehead atoms. The van der Waals surface area contributed by atoms with Crippen molar-refractivity contribution in [1.29, 1.82) is 0 Å². The van der Waals surface area contributed by atoms with Crippen molar-refractivity contribution in [1.82, 2.24) is 19.8 Å². The standard InChI is InChI=1S/C18H20N4O4S/c23-17(19-8-12-5-6-15-16(7-12)26-11-25-15)9-22(13-3-1-2-4-13)18(24)14-10-27-21-20-14/h5-7,10,13H,1-4,8-9,11H2,(H,19,23). The number of hydrogen-bond donors (Lipinski definition) is 1. The second-order valence-corrected chi connectivity index (χ2v) is 7.24. The molecular formula is C18H20N4O4S. The van der Waals surface area contributed by atoms with Gasteiger partial charge in [-0.1, -0.05) is 23.4 Å². The zero-order valence-corrected chi connectivity index (χ0v) is 15.5. The summed E-state index contributed by atoms with van der Waals surface area (Å²) < 4.78 is 14.4. The summed E-state index contributed by atoms with van der Waals surface area (Å²) in [6, 6.07) is 5.64. The number of carbonyl (C=O) groups is 2. The number of rotatable bonds is 6. The van der Waals surface area contributed by atoms with E-state index in [1.807, 2.05) is 18.2 Å². The Kier molecular flexibility index (Phi) is 5.19. The molecule has 2 aromatic rings. The fourth-order valence-corrected chi connectivity index (χ4v) is 3.88. The minimum Gasteiger partial charge on any atom is -0.454 e. The van der Waals surface area contributed by atoms with Gasteiger partial charge >= 0.3 is 0 Å². The number of hydrogen-bond acceptors (Lipinski definition) is 7. The van der Waals surface area contributed by atoms with Gasteiger partial charge in [0.05, 0.1) is 0 Å². The zero-order chi connectivity index (χ0) is 18.6. The molecule has 0 unspecified atom stereocenters. The molecule has 0 saturated heterocycles. The van der Waals surface area contributed by atoms with E-state index in [1.165, 1.54) is 0 Å². The zero-order valence-electron chi connectivity index (χ0n) is 14.7. The Morgan fingerprint density at radius 2 is 2.04 bits per heavy atom. The normalized spacial score (nSPS) is 15.7. The van der Waals surface area contributed by atoms with Crippen molar-refractivity contribution in [3.05, 3.63) is 34.8 Å². The number of amides is 2. The van der Waals surface area contributed by atoms with Crippen LogP contribution in [0.1, 0.15) is 41.7 Å². The third-order valence-electron chi connectivity index (χ3n) is 4.85. The van der Waals surface area contributed by atoms with Crippen LogP contribution in [-0.2, 0) is 11.3 Å². The van der Waals surface area contributed by atoms with Crippen LogP contribution in [0.5, 0.6) is 11.5 Å². The maximum absolute atomic E-state index is 12.8. The summed E-state index contributed by atoms with van der Waals surface area (Å²) in [5.74, 6) is 0.963. The molecule has 0 atom stereocenters. The van der Waals surface area contributed by atoms with E-state index in [-0.39, 0.29) is 31.2 Å². The smallest absolute Gasteiger partial charge is 0.276 e. The van der Waals surface area contributed by atoms with Crippen molar-refractivity contribution in [3.63, 3.8) is 0 Å². The predicted octanol–water partition coefficient (Wildman–Crippen LogP) is 1.97. The van der Waals surface area contributed by atoms with Gasteiger partial charge in [0, 0.05) is 18.0 Å². The molecule has 2 amide bonds. The molecule has 0 spiro atoms. The molecule has 2 heterocycles. The maximum Gasteiger partial charge on any atom is 0.276 e. The van der Waals surface area contributed by atoms with Gasteiger partial charge in [-0.05, 0) is 42.1 Å². The van der Waals surface area contributed by atoms with Crippen LogP contribution in [-0.4, -0.2) is 45.7 Å².